The Kier molecular flexibility index (Phi) is 4.70. The molecule has 1 atom stereocenters. The standard InChI is InChI=1S/C13H19NO2S2/c1-2-18(15,16)14-9-8-13(17-11-10-14)12-6-4-3-5-7-12/h3-7,13H,2,8-11H2,1H3. The monoisotopic (exact) mass is 285 g/mol. The summed E-state index contributed by atoms with van der Waals surface area (Å²) in [6.45, 7) is 2.99. The fourth-order valence-electron chi connectivity index (χ4n) is 2.14. The van der Waals surface area contributed by atoms with Gasteiger partial charge >= 0.3 is 0 Å². The highest BCUT2D eigenvalue weighted by molar-refractivity contribution is 7.99. The largest absolute Gasteiger partial charge is 0.213 e. The van der Waals surface area contributed by atoms with Crippen molar-refractivity contribution in [1.29, 1.82) is 0 Å². The molecule has 1 heterocycles. The molecule has 1 aromatic carbocycles. The lowest BCUT2D eigenvalue weighted by Crippen LogP contribution is -2.34. The van der Waals surface area contributed by atoms with Crippen LogP contribution in [0.2, 0.25) is 0 Å². The summed E-state index contributed by atoms with van der Waals surface area (Å²) in [7, 11) is -3.03. The van der Waals surface area contributed by atoms with Gasteiger partial charge in [0.1, 0.15) is 0 Å². The molecule has 1 aromatic rings. The van der Waals surface area contributed by atoms with Gasteiger partial charge in [-0.15, -0.1) is 0 Å². The van der Waals surface area contributed by atoms with Gasteiger partial charge in [-0.05, 0) is 18.9 Å². The maximum Gasteiger partial charge on any atom is 0.213 e. The van der Waals surface area contributed by atoms with Crippen LogP contribution in [0, 0.1) is 0 Å². The van der Waals surface area contributed by atoms with Crippen LogP contribution in [0.1, 0.15) is 24.2 Å². The van der Waals surface area contributed by atoms with Crippen LogP contribution in [0.25, 0.3) is 0 Å². The molecule has 0 spiro atoms. The predicted octanol–water partition coefficient (Wildman–Crippen LogP) is 2.52. The molecule has 100 valence electrons. The molecular weight excluding hydrogens is 266 g/mol. The average Bonchev–Trinajstić information content (AvgIpc) is 2.66. The van der Waals surface area contributed by atoms with E-state index >= 15 is 0 Å². The number of thioether (sulfide) groups is 1. The van der Waals surface area contributed by atoms with Gasteiger partial charge in [-0.2, -0.15) is 11.8 Å². The minimum absolute atomic E-state index is 0.202. The highest BCUT2D eigenvalue weighted by atomic mass is 32.2. The van der Waals surface area contributed by atoms with Crippen LogP contribution in [0.15, 0.2) is 30.3 Å². The van der Waals surface area contributed by atoms with E-state index < -0.39 is 10.0 Å². The molecule has 3 nitrogen and oxygen atoms in total. The molecule has 18 heavy (non-hydrogen) atoms. The highest BCUT2D eigenvalue weighted by Gasteiger charge is 2.25. The van der Waals surface area contributed by atoms with Crippen molar-refractivity contribution in [2.75, 3.05) is 24.6 Å². The third kappa shape index (κ3) is 3.28. The number of nitrogens with zero attached hydrogens (tertiary/aromatic N) is 1. The van der Waals surface area contributed by atoms with Crippen molar-refractivity contribution in [3.05, 3.63) is 35.9 Å². The fraction of sp³-hybridized carbons (Fsp3) is 0.538. The molecule has 1 aliphatic rings. The Labute approximate surface area is 114 Å². The van der Waals surface area contributed by atoms with Crippen molar-refractivity contribution in [3.8, 4) is 0 Å². The van der Waals surface area contributed by atoms with Gasteiger partial charge in [0.25, 0.3) is 0 Å². The second-order valence-corrected chi connectivity index (χ2v) is 7.93. The lowest BCUT2D eigenvalue weighted by atomic mass is 10.1. The van der Waals surface area contributed by atoms with Crippen molar-refractivity contribution in [2.45, 2.75) is 18.6 Å². The van der Waals surface area contributed by atoms with Crippen LogP contribution in [-0.4, -0.2) is 37.3 Å². The van der Waals surface area contributed by atoms with E-state index in [1.54, 1.807) is 11.2 Å². The first-order valence-corrected chi connectivity index (χ1v) is 8.93. The van der Waals surface area contributed by atoms with Crippen molar-refractivity contribution in [1.82, 2.24) is 4.31 Å². The molecule has 0 radical (unpaired) electrons. The highest BCUT2D eigenvalue weighted by Crippen LogP contribution is 2.34. The maximum atomic E-state index is 11.9. The Hall–Kier alpha value is -0.520. The van der Waals surface area contributed by atoms with Crippen molar-refractivity contribution in [3.63, 3.8) is 0 Å². The van der Waals surface area contributed by atoms with Crippen LogP contribution >= 0.6 is 11.8 Å². The van der Waals surface area contributed by atoms with Crippen LogP contribution < -0.4 is 0 Å². The van der Waals surface area contributed by atoms with Crippen LogP contribution in [-0.2, 0) is 10.0 Å². The predicted molar refractivity (Wildman–Crippen MR) is 77.3 cm³/mol. The fourth-order valence-corrected chi connectivity index (χ4v) is 4.61. The Bertz CT molecular complexity index is 473. The Morgan fingerprint density at radius 2 is 2.00 bits per heavy atom. The molecular formula is C13H19NO2S2. The quantitative estimate of drug-likeness (QED) is 0.856. The summed E-state index contributed by atoms with van der Waals surface area (Å²) in [6, 6.07) is 10.4. The molecule has 0 aromatic heterocycles. The van der Waals surface area contributed by atoms with Gasteiger partial charge in [0.05, 0.1) is 5.75 Å². The first-order chi connectivity index (χ1) is 8.63. The molecule has 1 aliphatic heterocycles. The minimum Gasteiger partial charge on any atom is -0.212 e. The summed E-state index contributed by atoms with van der Waals surface area (Å²) >= 11 is 1.86. The summed E-state index contributed by atoms with van der Waals surface area (Å²) in [5.74, 6) is 1.08. The molecule has 0 saturated carbocycles. The number of benzene rings is 1. The zero-order valence-electron chi connectivity index (χ0n) is 10.6. The molecule has 0 N–H and O–H groups in total. The molecule has 0 bridgehead atoms. The summed E-state index contributed by atoms with van der Waals surface area (Å²) in [5.41, 5.74) is 1.30. The Morgan fingerprint density at radius 3 is 2.67 bits per heavy atom. The third-order valence-electron chi connectivity index (χ3n) is 3.23. The van der Waals surface area contributed by atoms with Crippen molar-refractivity contribution in [2.24, 2.45) is 0 Å². The van der Waals surface area contributed by atoms with Gasteiger partial charge in [0.15, 0.2) is 0 Å². The van der Waals surface area contributed by atoms with Crippen molar-refractivity contribution < 1.29 is 8.42 Å². The van der Waals surface area contributed by atoms with Gasteiger partial charge in [0.2, 0.25) is 10.0 Å². The molecule has 0 aliphatic carbocycles. The number of hydrogen-bond donors (Lipinski definition) is 0. The summed E-state index contributed by atoms with van der Waals surface area (Å²) in [6.07, 6.45) is 0.897. The average molecular weight is 285 g/mol. The summed E-state index contributed by atoms with van der Waals surface area (Å²) in [5, 5.41) is 0.420. The number of hydrogen-bond acceptors (Lipinski definition) is 3. The van der Waals surface area contributed by atoms with Crippen LogP contribution in [0.5, 0.6) is 0 Å². The van der Waals surface area contributed by atoms with E-state index in [0.29, 0.717) is 18.3 Å². The van der Waals surface area contributed by atoms with Gasteiger partial charge in [0, 0.05) is 24.1 Å². The lowest BCUT2D eigenvalue weighted by molar-refractivity contribution is 0.429. The summed E-state index contributed by atoms with van der Waals surface area (Å²) < 4.78 is 25.4. The molecule has 1 fully saturated rings. The first-order valence-electron chi connectivity index (χ1n) is 6.28. The molecule has 1 saturated heterocycles. The van der Waals surface area contributed by atoms with Gasteiger partial charge < -0.3 is 0 Å². The van der Waals surface area contributed by atoms with Gasteiger partial charge in [-0.1, -0.05) is 30.3 Å². The number of sulfonamides is 1. The van der Waals surface area contributed by atoms with E-state index in [1.807, 2.05) is 30.0 Å². The Balaban J connectivity index is 2.06. The molecule has 1 unspecified atom stereocenters. The van der Waals surface area contributed by atoms with E-state index in [-0.39, 0.29) is 5.75 Å². The second-order valence-electron chi connectivity index (χ2n) is 4.36. The second kappa shape index (κ2) is 6.08. The minimum atomic E-state index is -3.03. The first kappa shape index (κ1) is 13.9. The normalized spacial score (nSPS) is 22.6. The van der Waals surface area contributed by atoms with Crippen molar-refractivity contribution >= 4 is 21.8 Å². The molecule has 5 heteroatoms. The number of rotatable bonds is 3. The van der Waals surface area contributed by atoms with Gasteiger partial charge in [-0.3, -0.25) is 0 Å². The third-order valence-corrected chi connectivity index (χ3v) is 6.44. The molecule has 0 amide bonds. The zero-order chi connectivity index (χ0) is 13.0. The SMILES string of the molecule is CCS(=O)(=O)N1CCSC(c2ccccc2)CC1. The van der Waals surface area contributed by atoms with Gasteiger partial charge in [-0.25, -0.2) is 12.7 Å². The van der Waals surface area contributed by atoms with E-state index in [9.17, 15) is 8.42 Å². The van der Waals surface area contributed by atoms with Crippen LogP contribution in [0.4, 0.5) is 0 Å². The van der Waals surface area contributed by atoms with E-state index in [1.165, 1.54) is 5.56 Å². The topological polar surface area (TPSA) is 37.4 Å². The smallest absolute Gasteiger partial charge is 0.212 e. The maximum absolute atomic E-state index is 11.9. The van der Waals surface area contributed by atoms with Crippen LogP contribution in [0.3, 0.4) is 0 Å². The van der Waals surface area contributed by atoms with E-state index in [2.05, 4.69) is 12.1 Å². The summed E-state index contributed by atoms with van der Waals surface area (Å²) in [4.78, 5) is 0. The Morgan fingerprint density at radius 1 is 1.28 bits per heavy atom. The molecule has 2 rings (SSSR count). The van der Waals surface area contributed by atoms with E-state index in [4.69, 9.17) is 0 Å². The lowest BCUT2D eigenvalue weighted by Gasteiger charge is -2.18. The zero-order valence-corrected chi connectivity index (χ0v) is 12.2. The van der Waals surface area contributed by atoms with E-state index in [0.717, 1.165) is 12.2 Å².